The van der Waals surface area contributed by atoms with E-state index in [1.807, 2.05) is 42.7 Å². The molecule has 0 fully saturated rings. The fraction of sp³-hybridized carbons (Fsp3) is 0.0833. The van der Waals surface area contributed by atoms with Crippen molar-refractivity contribution in [2.75, 3.05) is 10.6 Å². The first-order valence-corrected chi connectivity index (χ1v) is 10.3. The van der Waals surface area contributed by atoms with Gasteiger partial charge in [-0.3, -0.25) is 0 Å². The number of hydrogen-bond acceptors (Lipinski definition) is 3. The van der Waals surface area contributed by atoms with Crippen LogP contribution >= 0.6 is 12.4 Å². The van der Waals surface area contributed by atoms with Crippen LogP contribution in [0.5, 0.6) is 5.75 Å². The Bertz CT molecular complexity index is 1480. The van der Waals surface area contributed by atoms with E-state index in [1.54, 1.807) is 12.3 Å². The Morgan fingerprint density at radius 3 is 2.57 bits per heavy atom. The molecule has 0 bridgehead atoms. The second kappa shape index (κ2) is 9.59. The van der Waals surface area contributed by atoms with Crippen LogP contribution in [0, 0.1) is 0 Å². The van der Waals surface area contributed by atoms with Crippen LogP contribution < -0.4 is 15.4 Å². The summed E-state index contributed by atoms with van der Waals surface area (Å²) in [5.41, 5.74) is 3.80. The molecule has 180 valence electrons. The van der Waals surface area contributed by atoms with Gasteiger partial charge in [-0.15, -0.1) is 25.6 Å². The van der Waals surface area contributed by atoms with Crippen LogP contribution in [-0.2, 0) is 6.54 Å². The van der Waals surface area contributed by atoms with Crippen molar-refractivity contribution in [2.24, 2.45) is 0 Å². The molecule has 3 heterocycles. The molecule has 2 amide bonds. The molecule has 0 aliphatic rings. The van der Waals surface area contributed by atoms with Crippen molar-refractivity contribution in [3.8, 4) is 5.75 Å². The molecule has 5 aromatic rings. The quantitative estimate of drug-likeness (QED) is 0.256. The number of nitrogens with zero attached hydrogens (tertiary/aromatic N) is 2. The van der Waals surface area contributed by atoms with Crippen LogP contribution in [0.4, 0.5) is 29.3 Å². The predicted octanol–water partition coefficient (Wildman–Crippen LogP) is 6.53. The molecule has 0 unspecified atom stereocenters. The summed E-state index contributed by atoms with van der Waals surface area (Å²) < 4.78 is 42.8. The lowest BCUT2D eigenvalue weighted by Gasteiger charge is -2.11. The number of ether oxygens (including phenoxy) is 1. The fourth-order valence-electron chi connectivity index (χ4n) is 3.83. The maximum Gasteiger partial charge on any atom is 0.573 e. The number of fused-ring (bicyclic) bond motifs is 2. The number of halogens is 4. The molecule has 0 aliphatic carbocycles. The summed E-state index contributed by atoms with van der Waals surface area (Å²) in [6.45, 7) is 0.627. The van der Waals surface area contributed by atoms with Gasteiger partial charge < -0.3 is 24.9 Å². The van der Waals surface area contributed by atoms with Gasteiger partial charge in [0, 0.05) is 41.6 Å². The standard InChI is InChI=1S/C24H18F3N5O2.ClH/c25-24(26,27)34-17-6-4-16(5-7-17)30-23(33)31-20-2-1-3-21-19(20)10-13-32(21)14-15-8-11-28-22-18(15)9-12-29-22;/h1-13H,14H2,(H,28,29)(H2,30,31,33);1H. The van der Waals surface area contributed by atoms with Crippen molar-refractivity contribution in [1.82, 2.24) is 14.5 Å². The highest BCUT2D eigenvalue weighted by Gasteiger charge is 2.31. The number of aromatic amines is 1. The van der Waals surface area contributed by atoms with Crippen molar-refractivity contribution in [1.29, 1.82) is 0 Å². The lowest BCUT2D eigenvalue weighted by Crippen LogP contribution is -2.20. The fourth-order valence-corrected chi connectivity index (χ4v) is 3.83. The van der Waals surface area contributed by atoms with Gasteiger partial charge in [-0.1, -0.05) is 6.07 Å². The van der Waals surface area contributed by atoms with Crippen LogP contribution in [0.3, 0.4) is 0 Å². The highest BCUT2D eigenvalue weighted by Crippen LogP contribution is 2.27. The average Bonchev–Trinajstić information content (AvgIpc) is 3.43. The normalized spacial score (nSPS) is 11.3. The average molecular weight is 502 g/mol. The number of carbonyl (C=O) groups is 1. The summed E-state index contributed by atoms with van der Waals surface area (Å²) in [6, 6.07) is 15.9. The van der Waals surface area contributed by atoms with Crippen LogP contribution in [0.1, 0.15) is 5.56 Å². The minimum Gasteiger partial charge on any atom is -0.406 e. The first-order chi connectivity index (χ1) is 16.4. The summed E-state index contributed by atoms with van der Waals surface area (Å²) >= 11 is 0. The van der Waals surface area contributed by atoms with Crippen molar-refractivity contribution in [3.63, 3.8) is 0 Å². The van der Waals surface area contributed by atoms with E-state index in [-0.39, 0.29) is 18.2 Å². The molecule has 3 N–H and O–H groups in total. The number of H-pyrrole nitrogens is 1. The Hall–Kier alpha value is -4.18. The molecule has 3 aromatic heterocycles. The van der Waals surface area contributed by atoms with Gasteiger partial charge in [-0.05, 0) is 60.2 Å². The third-order valence-corrected chi connectivity index (χ3v) is 5.30. The van der Waals surface area contributed by atoms with Crippen LogP contribution in [-0.4, -0.2) is 26.9 Å². The first kappa shape index (κ1) is 24.0. The number of carbonyl (C=O) groups excluding carboxylic acids is 1. The van der Waals surface area contributed by atoms with Gasteiger partial charge in [0.1, 0.15) is 11.4 Å². The molecule has 0 saturated heterocycles. The predicted molar refractivity (Wildman–Crippen MR) is 130 cm³/mol. The van der Waals surface area contributed by atoms with E-state index in [1.165, 1.54) is 12.1 Å². The Balaban J connectivity index is 0.00000289. The van der Waals surface area contributed by atoms with Crippen LogP contribution in [0.25, 0.3) is 21.9 Å². The van der Waals surface area contributed by atoms with E-state index in [9.17, 15) is 18.0 Å². The van der Waals surface area contributed by atoms with Crippen molar-refractivity contribution in [3.05, 3.63) is 84.8 Å². The molecule has 0 aliphatic heterocycles. The molecule has 0 radical (unpaired) electrons. The molecule has 7 nitrogen and oxygen atoms in total. The number of benzene rings is 2. The Kier molecular flexibility index (Phi) is 6.57. The number of alkyl halides is 3. The van der Waals surface area contributed by atoms with E-state index < -0.39 is 12.4 Å². The molecule has 0 atom stereocenters. The number of hydrogen-bond donors (Lipinski definition) is 3. The molecule has 11 heteroatoms. The summed E-state index contributed by atoms with van der Waals surface area (Å²) in [7, 11) is 0. The van der Waals surface area contributed by atoms with Crippen LogP contribution in [0.15, 0.2) is 79.3 Å². The highest BCUT2D eigenvalue weighted by molar-refractivity contribution is 6.05. The minimum atomic E-state index is -4.77. The SMILES string of the molecule is Cl.O=C(Nc1ccc(OC(F)(F)F)cc1)Nc1cccc2c1ccn2Cc1ccnc2[nH]ccc12. The van der Waals surface area contributed by atoms with Crippen molar-refractivity contribution >= 4 is 51.7 Å². The zero-order chi connectivity index (χ0) is 23.7. The van der Waals surface area contributed by atoms with E-state index in [0.29, 0.717) is 17.9 Å². The first-order valence-electron chi connectivity index (χ1n) is 10.3. The molecule has 35 heavy (non-hydrogen) atoms. The molecular weight excluding hydrogens is 483 g/mol. The molecule has 0 spiro atoms. The van der Waals surface area contributed by atoms with Gasteiger partial charge in [-0.2, -0.15) is 0 Å². The van der Waals surface area contributed by atoms with Crippen molar-refractivity contribution < 1.29 is 22.7 Å². The summed E-state index contributed by atoms with van der Waals surface area (Å²) in [5, 5.41) is 7.30. The highest BCUT2D eigenvalue weighted by atomic mass is 35.5. The summed E-state index contributed by atoms with van der Waals surface area (Å²) in [4.78, 5) is 19.9. The largest absolute Gasteiger partial charge is 0.573 e. The smallest absolute Gasteiger partial charge is 0.406 e. The molecule has 2 aromatic carbocycles. The Labute approximate surface area is 203 Å². The summed E-state index contributed by atoms with van der Waals surface area (Å²) in [6.07, 6.45) is 0.796. The number of rotatable bonds is 5. The van der Waals surface area contributed by atoms with E-state index in [4.69, 9.17) is 0 Å². The van der Waals surface area contributed by atoms with E-state index in [2.05, 4.69) is 29.9 Å². The number of amides is 2. The molecule has 5 rings (SSSR count). The monoisotopic (exact) mass is 501 g/mol. The molecule has 0 saturated carbocycles. The van der Waals surface area contributed by atoms with Gasteiger partial charge in [0.25, 0.3) is 0 Å². The third kappa shape index (κ3) is 5.33. The second-order valence-corrected chi connectivity index (χ2v) is 7.54. The van der Waals surface area contributed by atoms with Crippen molar-refractivity contribution in [2.45, 2.75) is 12.9 Å². The molecular formula is C24H19ClF3N5O2. The topological polar surface area (TPSA) is 84.0 Å². The minimum absolute atomic E-state index is 0. The van der Waals surface area contributed by atoms with Gasteiger partial charge >= 0.3 is 12.4 Å². The van der Waals surface area contributed by atoms with Gasteiger partial charge in [-0.25, -0.2) is 9.78 Å². The third-order valence-electron chi connectivity index (χ3n) is 5.30. The second-order valence-electron chi connectivity index (χ2n) is 7.54. The lowest BCUT2D eigenvalue weighted by atomic mass is 10.2. The number of aromatic nitrogens is 3. The number of urea groups is 1. The zero-order valence-corrected chi connectivity index (χ0v) is 18.8. The number of pyridine rings is 1. The summed E-state index contributed by atoms with van der Waals surface area (Å²) in [5.74, 6) is -0.365. The maximum atomic E-state index is 12.5. The number of nitrogens with one attached hydrogen (secondary N) is 3. The zero-order valence-electron chi connectivity index (χ0n) is 18.0. The van der Waals surface area contributed by atoms with Gasteiger partial charge in [0.2, 0.25) is 0 Å². The van der Waals surface area contributed by atoms with Gasteiger partial charge in [0.05, 0.1) is 11.2 Å². The van der Waals surface area contributed by atoms with E-state index in [0.717, 1.165) is 39.6 Å². The lowest BCUT2D eigenvalue weighted by molar-refractivity contribution is -0.274. The van der Waals surface area contributed by atoms with Gasteiger partial charge in [0.15, 0.2) is 0 Å². The van der Waals surface area contributed by atoms with E-state index >= 15 is 0 Å². The Morgan fingerprint density at radius 2 is 1.80 bits per heavy atom. The maximum absolute atomic E-state index is 12.5. The Morgan fingerprint density at radius 1 is 1.00 bits per heavy atom. The number of anilines is 2. The van der Waals surface area contributed by atoms with Crippen LogP contribution in [0.2, 0.25) is 0 Å².